The molecule has 2 aromatic rings. The molecule has 1 amide bonds. The first kappa shape index (κ1) is 17.5. The molecule has 126 valence electrons. The summed E-state index contributed by atoms with van der Waals surface area (Å²) in [6.07, 6.45) is 1.55. The van der Waals surface area contributed by atoms with Crippen LogP contribution in [-0.4, -0.2) is 25.9 Å². The molecule has 0 spiro atoms. The molecule has 5 nitrogen and oxygen atoms in total. The molecule has 0 unspecified atom stereocenters. The van der Waals surface area contributed by atoms with E-state index < -0.39 is 11.7 Å². The Morgan fingerprint density at radius 1 is 0.958 bits per heavy atom. The lowest BCUT2D eigenvalue weighted by molar-refractivity contribution is -0.134. The SMILES string of the molecule is COc1ccc(CCCC(=O)C(=O)Nc2ccccc2OC)cc1. The second-order valence-corrected chi connectivity index (χ2v) is 5.28. The molecule has 0 radical (unpaired) electrons. The number of carbonyl (C=O) groups excluding carboxylic acids is 2. The molecule has 0 heterocycles. The van der Waals surface area contributed by atoms with Crippen LogP contribution in [0.2, 0.25) is 0 Å². The molecule has 0 aromatic heterocycles. The van der Waals surface area contributed by atoms with Crippen molar-refractivity contribution in [3.05, 3.63) is 54.1 Å². The van der Waals surface area contributed by atoms with Crippen molar-refractivity contribution in [1.29, 1.82) is 0 Å². The minimum absolute atomic E-state index is 0.201. The Morgan fingerprint density at radius 2 is 1.67 bits per heavy atom. The third-order valence-corrected chi connectivity index (χ3v) is 3.64. The molecule has 2 aromatic carbocycles. The molecule has 24 heavy (non-hydrogen) atoms. The van der Waals surface area contributed by atoms with Crippen LogP contribution in [0.25, 0.3) is 0 Å². The second-order valence-electron chi connectivity index (χ2n) is 5.28. The van der Waals surface area contributed by atoms with Crippen LogP contribution in [0, 0.1) is 0 Å². The van der Waals surface area contributed by atoms with Gasteiger partial charge in [-0.2, -0.15) is 0 Å². The number of anilines is 1. The van der Waals surface area contributed by atoms with Crippen LogP contribution in [0.4, 0.5) is 5.69 Å². The molecule has 2 rings (SSSR count). The minimum atomic E-state index is -0.616. The van der Waals surface area contributed by atoms with Crippen molar-refractivity contribution in [1.82, 2.24) is 0 Å². The van der Waals surface area contributed by atoms with Crippen LogP contribution in [0.1, 0.15) is 18.4 Å². The monoisotopic (exact) mass is 327 g/mol. The average molecular weight is 327 g/mol. The fraction of sp³-hybridized carbons (Fsp3) is 0.263. The molecule has 0 aliphatic heterocycles. The maximum absolute atomic E-state index is 12.0. The molecule has 0 saturated heterocycles. The Bertz CT molecular complexity index is 695. The van der Waals surface area contributed by atoms with Crippen LogP contribution in [-0.2, 0) is 16.0 Å². The van der Waals surface area contributed by atoms with Gasteiger partial charge in [-0.25, -0.2) is 0 Å². The first-order chi connectivity index (χ1) is 11.6. The largest absolute Gasteiger partial charge is 0.497 e. The fourth-order valence-electron chi connectivity index (χ4n) is 2.30. The molecule has 0 saturated carbocycles. The maximum atomic E-state index is 12.0. The lowest BCUT2D eigenvalue weighted by atomic mass is 10.1. The highest BCUT2D eigenvalue weighted by Crippen LogP contribution is 2.23. The Balaban J connectivity index is 1.82. The van der Waals surface area contributed by atoms with E-state index in [4.69, 9.17) is 9.47 Å². The normalized spacial score (nSPS) is 10.1. The lowest BCUT2D eigenvalue weighted by Gasteiger charge is -2.09. The quantitative estimate of drug-likeness (QED) is 0.756. The van der Waals surface area contributed by atoms with E-state index in [-0.39, 0.29) is 6.42 Å². The van der Waals surface area contributed by atoms with Crippen molar-refractivity contribution in [3.63, 3.8) is 0 Å². The first-order valence-corrected chi connectivity index (χ1v) is 7.74. The van der Waals surface area contributed by atoms with E-state index in [0.717, 1.165) is 17.7 Å². The number of para-hydroxylation sites is 2. The number of Topliss-reactive ketones (excluding diaryl/α,β-unsaturated/α-hetero) is 1. The number of benzene rings is 2. The Kier molecular flexibility index (Phi) is 6.37. The van der Waals surface area contributed by atoms with E-state index in [1.807, 2.05) is 24.3 Å². The number of nitrogens with one attached hydrogen (secondary N) is 1. The van der Waals surface area contributed by atoms with Crippen LogP contribution in [0.5, 0.6) is 11.5 Å². The molecular weight excluding hydrogens is 306 g/mol. The number of ketones is 1. The third kappa shape index (κ3) is 4.84. The van der Waals surface area contributed by atoms with Crippen LogP contribution in [0.3, 0.4) is 0 Å². The highest BCUT2D eigenvalue weighted by atomic mass is 16.5. The number of ether oxygens (including phenoxy) is 2. The van der Waals surface area contributed by atoms with Crippen LogP contribution < -0.4 is 14.8 Å². The molecule has 1 N–H and O–H groups in total. The molecule has 0 aliphatic carbocycles. The minimum Gasteiger partial charge on any atom is -0.497 e. The summed E-state index contributed by atoms with van der Waals surface area (Å²) in [7, 11) is 3.13. The highest BCUT2D eigenvalue weighted by Gasteiger charge is 2.15. The van der Waals surface area contributed by atoms with Crippen LogP contribution in [0.15, 0.2) is 48.5 Å². The van der Waals surface area contributed by atoms with Gasteiger partial charge in [0.2, 0.25) is 5.78 Å². The lowest BCUT2D eigenvalue weighted by Crippen LogP contribution is -2.22. The maximum Gasteiger partial charge on any atom is 0.291 e. The summed E-state index contributed by atoms with van der Waals surface area (Å²) >= 11 is 0. The van der Waals surface area contributed by atoms with Gasteiger partial charge in [-0.3, -0.25) is 9.59 Å². The number of hydrogen-bond donors (Lipinski definition) is 1. The van der Waals surface area contributed by atoms with Gasteiger partial charge >= 0.3 is 0 Å². The fourth-order valence-corrected chi connectivity index (χ4v) is 2.30. The zero-order chi connectivity index (χ0) is 17.4. The second kappa shape index (κ2) is 8.72. The van der Waals surface area contributed by atoms with Crippen molar-refractivity contribution in [2.75, 3.05) is 19.5 Å². The van der Waals surface area contributed by atoms with Gasteiger partial charge in [0.25, 0.3) is 5.91 Å². The Labute approximate surface area is 141 Å². The van der Waals surface area contributed by atoms with Gasteiger partial charge in [0.05, 0.1) is 19.9 Å². The highest BCUT2D eigenvalue weighted by molar-refractivity contribution is 6.40. The summed E-state index contributed by atoms with van der Waals surface area (Å²) in [5.41, 5.74) is 1.60. The summed E-state index contributed by atoms with van der Waals surface area (Å²) in [6.45, 7) is 0. The number of aryl methyl sites for hydroxylation is 1. The van der Waals surface area contributed by atoms with Crippen molar-refractivity contribution < 1.29 is 19.1 Å². The van der Waals surface area contributed by atoms with Gasteiger partial charge in [-0.15, -0.1) is 0 Å². The first-order valence-electron chi connectivity index (χ1n) is 7.74. The summed E-state index contributed by atoms with van der Waals surface area (Å²) in [6, 6.07) is 14.7. The molecule has 0 aliphatic rings. The van der Waals surface area contributed by atoms with Gasteiger partial charge in [0.1, 0.15) is 11.5 Å². The van der Waals surface area contributed by atoms with E-state index in [0.29, 0.717) is 17.9 Å². The van der Waals surface area contributed by atoms with Gasteiger partial charge in [0, 0.05) is 6.42 Å². The molecular formula is C19H21NO4. The summed E-state index contributed by atoms with van der Waals surface area (Å²) in [4.78, 5) is 23.9. The number of carbonyl (C=O) groups is 2. The number of methoxy groups -OCH3 is 2. The smallest absolute Gasteiger partial charge is 0.291 e. The van der Waals surface area contributed by atoms with Gasteiger partial charge < -0.3 is 14.8 Å². The van der Waals surface area contributed by atoms with E-state index in [1.165, 1.54) is 7.11 Å². The van der Waals surface area contributed by atoms with Gasteiger partial charge in [0.15, 0.2) is 0 Å². The third-order valence-electron chi connectivity index (χ3n) is 3.64. The van der Waals surface area contributed by atoms with Gasteiger partial charge in [-0.05, 0) is 42.7 Å². The van der Waals surface area contributed by atoms with E-state index in [2.05, 4.69) is 5.32 Å². The average Bonchev–Trinajstić information content (AvgIpc) is 2.62. The summed E-state index contributed by atoms with van der Waals surface area (Å²) in [5, 5.41) is 2.59. The predicted molar refractivity (Wildman–Crippen MR) is 92.6 cm³/mol. The summed E-state index contributed by atoms with van der Waals surface area (Å²) in [5.74, 6) is 0.270. The number of rotatable bonds is 8. The standard InChI is InChI=1S/C19H21NO4/c1-23-15-12-10-14(11-13-15)6-5-8-17(21)19(22)20-16-7-3-4-9-18(16)24-2/h3-4,7,9-13H,5-6,8H2,1-2H3,(H,20,22). The van der Waals surface area contributed by atoms with Crippen molar-refractivity contribution >= 4 is 17.4 Å². The van der Waals surface area contributed by atoms with E-state index in [9.17, 15) is 9.59 Å². The number of hydrogen-bond acceptors (Lipinski definition) is 4. The van der Waals surface area contributed by atoms with Crippen molar-refractivity contribution in [2.24, 2.45) is 0 Å². The number of amides is 1. The van der Waals surface area contributed by atoms with Crippen molar-refractivity contribution in [2.45, 2.75) is 19.3 Å². The summed E-state index contributed by atoms with van der Waals surface area (Å²) < 4.78 is 10.2. The van der Waals surface area contributed by atoms with Crippen molar-refractivity contribution in [3.8, 4) is 11.5 Å². The van der Waals surface area contributed by atoms with Crippen LogP contribution >= 0.6 is 0 Å². The predicted octanol–water partition coefficient (Wildman–Crippen LogP) is 3.23. The van der Waals surface area contributed by atoms with E-state index >= 15 is 0 Å². The Morgan fingerprint density at radius 3 is 2.33 bits per heavy atom. The van der Waals surface area contributed by atoms with Gasteiger partial charge in [-0.1, -0.05) is 24.3 Å². The molecule has 0 bridgehead atoms. The molecule has 0 fully saturated rings. The zero-order valence-corrected chi connectivity index (χ0v) is 13.9. The topological polar surface area (TPSA) is 64.6 Å². The Hall–Kier alpha value is -2.82. The van der Waals surface area contributed by atoms with E-state index in [1.54, 1.807) is 31.4 Å². The molecule has 5 heteroatoms. The zero-order valence-electron chi connectivity index (χ0n) is 13.9. The molecule has 0 atom stereocenters.